The van der Waals surface area contributed by atoms with E-state index in [0.29, 0.717) is 17.4 Å². The zero-order valence-corrected chi connectivity index (χ0v) is 15.0. The predicted octanol–water partition coefficient (Wildman–Crippen LogP) is 5.20. The molecular formula is C19H19BrO3. The number of benzene rings is 2. The van der Waals surface area contributed by atoms with Crippen molar-refractivity contribution in [3.63, 3.8) is 0 Å². The van der Waals surface area contributed by atoms with Gasteiger partial charge in [0.05, 0.1) is 7.11 Å². The Balaban J connectivity index is 2.05. The van der Waals surface area contributed by atoms with Gasteiger partial charge in [-0.25, -0.2) is 4.79 Å². The summed E-state index contributed by atoms with van der Waals surface area (Å²) in [6, 6.07) is 13.1. The van der Waals surface area contributed by atoms with Crippen LogP contribution >= 0.6 is 15.9 Å². The largest absolute Gasteiger partial charge is 0.496 e. The Morgan fingerprint density at radius 3 is 2.43 bits per heavy atom. The molecule has 2 aromatic rings. The van der Waals surface area contributed by atoms with Gasteiger partial charge in [-0.2, -0.15) is 0 Å². The fraction of sp³-hybridized carbons (Fsp3) is 0.211. The number of rotatable bonds is 5. The zero-order chi connectivity index (χ0) is 16.8. The summed E-state index contributed by atoms with van der Waals surface area (Å²) in [4.78, 5) is 11.9. The zero-order valence-electron chi connectivity index (χ0n) is 13.4. The van der Waals surface area contributed by atoms with Crippen LogP contribution in [0.1, 0.15) is 30.9 Å². The van der Waals surface area contributed by atoms with Crippen LogP contribution in [0.4, 0.5) is 0 Å². The Morgan fingerprint density at radius 1 is 1.13 bits per heavy atom. The molecular weight excluding hydrogens is 356 g/mol. The third-order valence-corrected chi connectivity index (χ3v) is 3.85. The maximum absolute atomic E-state index is 11.9. The van der Waals surface area contributed by atoms with Gasteiger partial charge in [-0.05, 0) is 47.9 Å². The number of carbonyl (C=O) groups is 1. The highest BCUT2D eigenvalue weighted by molar-refractivity contribution is 9.10. The van der Waals surface area contributed by atoms with E-state index in [1.165, 1.54) is 11.6 Å². The summed E-state index contributed by atoms with van der Waals surface area (Å²) in [7, 11) is 1.59. The van der Waals surface area contributed by atoms with Crippen LogP contribution in [0.25, 0.3) is 6.08 Å². The monoisotopic (exact) mass is 374 g/mol. The minimum Gasteiger partial charge on any atom is -0.496 e. The van der Waals surface area contributed by atoms with Crippen LogP contribution in [0.15, 0.2) is 53.0 Å². The normalized spacial score (nSPS) is 11.0. The van der Waals surface area contributed by atoms with Crippen molar-refractivity contribution in [1.29, 1.82) is 0 Å². The van der Waals surface area contributed by atoms with E-state index in [1.54, 1.807) is 25.3 Å². The molecule has 2 rings (SSSR count). The molecule has 0 fully saturated rings. The van der Waals surface area contributed by atoms with Crippen molar-refractivity contribution in [1.82, 2.24) is 0 Å². The van der Waals surface area contributed by atoms with E-state index in [-0.39, 0.29) is 0 Å². The molecule has 0 aliphatic carbocycles. The average molecular weight is 375 g/mol. The van der Waals surface area contributed by atoms with E-state index in [0.717, 1.165) is 10.0 Å². The third-order valence-electron chi connectivity index (χ3n) is 3.36. The SMILES string of the molecule is COc1ccc(Br)cc1/C=C/C(=O)Oc1ccc(C(C)C)cc1. The van der Waals surface area contributed by atoms with Crippen molar-refractivity contribution in [2.45, 2.75) is 19.8 Å². The van der Waals surface area contributed by atoms with Gasteiger partial charge in [0.25, 0.3) is 0 Å². The van der Waals surface area contributed by atoms with Gasteiger partial charge in [0.1, 0.15) is 11.5 Å². The number of halogens is 1. The van der Waals surface area contributed by atoms with Crippen LogP contribution in [-0.2, 0) is 4.79 Å². The molecule has 0 amide bonds. The molecule has 0 radical (unpaired) electrons. The van der Waals surface area contributed by atoms with Crippen molar-refractivity contribution in [3.8, 4) is 11.5 Å². The summed E-state index contributed by atoms with van der Waals surface area (Å²) < 4.78 is 11.5. The standard InChI is InChI=1S/C19H19BrO3/c1-13(2)14-4-8-17(9-5-14)23-19(21)11-6-15-12-16(20)7-10-18(15)22-3/h4-13H,1-3H3/b11-6+. The quantitative estimate of drug-likeness (QED) is 0.409. The van der Waals surface area contributed by atoms with Gasteiger partial charge >= 0.3 is 5.97 Å². The Labute approximate surface area is 145 Å². The molecule has 0 saturated heterocycles. The van der Waals surface area contributed by atoms with E-state index in [9.17, 15) is 4.79 Å². The molecule has 0 N–H and O–H groups in total. The Morgan fingerprint density at radius 2 is 1.83 bits per heavy atom. The predicted molar refractivity (Wildman–Crippen MR) is 95.9 cm³/mol. The molecule has 0 saturated carbocycles. The lowest BCUT2D eigenvalue weighted by atomic mass is 10.0. The van der Waals surface area contributed by atoms with Crippen LogP contribution in [0, 0.1) is 0 Å². The van der Waals surface area contributed by atoms with Gasteiger partial charge in [-0.3, -0.25) is 0 Å². The maximum Gasteiger partial charge on any atom is 0.336 e. The van der Waals surface area contributed by atoms with E-state index >= 15 is 0 Å². The first-order valence-electron chi connectivity index (χ1n) is 7.33. The summed E-state index contributed by atoms with van der Waals surface area (Å²) in [5.74, 6) is 1.25. The van der Waals surface area contributed by atoms with Gasteiger partial charge in [0, 0.05) is 16.1 Å². The second-order valence-electron chi connectivity index (χ2n) is 5.36. The number of methoxy groups -OCH3 is 1. The first-order chi connectivity index (χ1) is 11.0. The summed E-state index contributed by atoms with van der Waals surface area (Å²) >= 11 is 3.40. The van der Waals surface area contributed by atoms with Gasteiger partial charge in [-0.1, -0.05) is 41.9 Å². The lowest BCUT2D eigenvalue weighted by molar-refractivity contribution is -0.128. The summed E-state index contributed by atoms with van der Waals surface area (Å²) in [6.45, 7) is 4.24. The van der Waals surface area contributed by atoms with E-state index in [4.69, 9.17) is 9.47 Å². The van der Waals surface area contributed by atoms with Gasteiger partial charge in [0.2, 0.25) is 0 Å². The molecule has 0 spiro atoms. The molecule has 0 heterocycles. The molecule has 120 valence electrons. The topological polar surface area (TPSA) is 35.5 Å². The summed E-state index contributed by atoms with van der Waals surface area (Å²) in [6.07, 6.45) is 3.06. The molecule has 4 heteroatoms. The molecule has 0 unspecified atom stereocenters. The van der Waals surface area contributed by atoms with Crippen LogP contribution in [0.3, 0.4) is 0 Å². The number of ether oxygens (including phenoxy) is 2. The van der Waals surface area contributed by atoms with Crippen LogP contribution < -0.4 is 9.47 Å². The minimum atomic E-state index is -0.427. The second kappa shape index (κ2) is 7.97. The van der Waals surface area contributed by atoms with Crippen LogP contribution in [0.5, 0.6) is 11.5 Å². The Kier molecular flexibility index (Phi) is 5.99. The maximum atomic E-state index is 11.9. The van der Waals surface area contributed by atoms with Gasteiger partial charge in [0.15, 0.2) is 0 Å². The Bertz CT molecular complexity index is 703. The second-order valence-corrected chi connectivity index (χ2v) is 6.28. The lowest BCUT2D eigenvalue weighted by Gasteiger charge is -2.07. The molecule has 0 aromatic heterocycles. The van der Waals surface area contributed by atoms with Crippen LogP contribution in [-0.4, -0.2) is 13.1 Å². The molecule has 0 aliphatic heterocycles. The van der Waals surface area contributed by atoms with Crippen molar-refractivity contribution in [2.75, 3.05) is 7.11 Å². The number of esters is 1. The summed E-state index contributed by atoms with van der Waals surface area (Å²) in [5, 5.41) is 0. The number of carbonyl (C=O) groups excluding carboxylic acids is 1. The van der Waals surface area contributed by atoms with Crippen LogP contribution in [0.2, 0.25) is 0 Å². The first-order valence-corrected chi connectivity index (χ1v) is 8.12. The number of hydrogen-bond acceptors (Lipinski definition) is 3. The highest BCUT2D eigenvalue weighted by Gasteiger charge is 2.04. The molecule has 23 heavy (non-hydrogen) atoms. The number of hydrogen-bond donors (Lipinski definition) is 0. The van der Waals surface area contributed by atoms with Crippen molar-refractivity contribution in [3.05, 3.63) is 64.1 Å². The smallest absolute Gasteiger partial charge is 0.336 e. The van der Waals surface area contributed by atoms with Crippen molar-refractivity contribution >= 4 is 28.0 Å². The van der Waals surface area contributed by atoms with Gasteiger partial charge < -0.3 is 9.47 Å². The Hall–Kier alpha value is -2.07. The van der Waals surface area contributed by atoms with Crippen molar-refractivity contribution < 1.29 is 14.3 Å². The molecule has 2 aromatic carbocycles. The van der Waals surface area contributed by atoms with Crippen molar-refractivity contribution in [2.24, 2.45) is 0 Å². The third kappa shape index (κ3) is 4.96. The lowest BCUT2D eigenvalue weighted by Crippen LogP contribution is -2.03. The highest BCUT2D eigenvalue weighted by Crippen LogP contribution is 2.24. The minimum absolute atomic E-state index is 0.427. The van der Waals surface area contributed by atoms with Gasteiger partial charge in [-0.15, -0.1) is 0 Å². The fourth-order valence-electron chi connectivity index (χ4n) is 2.06. The van der Waals surface area contributed by atoms with E-state index < -0.39 is 5.97 Å². The summed E-state index contributed by atoms with van der Waals surface area (Å²) in [5.41, 5.74) is 2.01. The highest BCUT2D eigenvalue weighted by atomic mass is 79.9. The molecule has 0 atom stereocenters. The molecule has 0 bridgehead atoms. The molecule has 0 aliphatic rings. The first kappa shape index (κ1) is 17.3. The average Bonchev–Trinajstić information content (AvgIpc) is 2.53. The fourth-order valence-corrected chi connectivity index (χ4v) is 2.44. The van der Waals surface area contributed by atoms with E-state index in [2.05, 4.69) is 29.8 Å². The van der Waals surface area contributed by atoms with E-state index in [1.807, 2.05) is 30.3 Å². The molecule has 3 nitrogen and oxygen atoms in total.